The van der Waals surface area contributed by atoms with Crippen LogP contribution in [0.5, 0.6) is 0 Å². The molecular formula is C12H10BrNO2. The van der Waals surface area contributed by atoms with Gasteiger partial charge in [-0.3, -0.25) is 4.79 Å². The first kappa shape index (κ1) is 11.0. The molecule has 16 heavy (non-hydrogen) atoms. The van der Waals surface area contributed by atoms with Crippen molar-refractivity contribution in [3.05, 3.63) is 52.4 Å². The summed E-state index contributed by atoms with van der Waals surface area (Å²) in [6, 6.07) is 9.07. The maximum atomic E-state index is 11.7. The molecule has 82 valence electrons. The van der Waals surface area contributed by atoms with E-state index in [2.05, 4.69) is 21.2 Å². The zero-order chi connectivity index (χ0) is 11.5. The lowest BCUT2D eigenvalue weighted by Crippen LogP contribution is -2.10. The maximum Gasteiger partial charge on any atom is 0.291 e. The number of furan rings is 1. The molecule has 0 unspecified atom stereocenters. The Morgan fingerprint density at radius 1 is 1.31 bits per heavy atom. The van der Waals surface area contributed by atoms with Crippen LogP contribution in [0.3, 0.4) is 0 Å². The molecule has 0 saturated heterocycles. The quantitative estimate of drug-likeness (QED) is 0.913. The summed E-state index contributed by atoms with van der Waals surface area (Å²) in [4.78, 5) is 11.7. The highest BCUT2D eigenvalue weighted by Crippen LogP contribution is 2.15. The second kappa shape index (κ2) is 4.53. The van der Waals surface area contributed by atoms with E-state index in [1.807, 2.05) is 31.2 Å². The Kier molecular flexibility index (Phi) is 3.10. The molecule has 0 spiro atoms. The minimum absolute atomic E-state index is 0.240. The van der Waals surface area contributed by atoms with Crippen LogP contribution in [0, 0.1) is 6.92 Å². The molecule has 0 saturated carbocycles. The molecular weight excluding hydrogens is 270 g/mol. The van der Waals surface area contributed by atoms with E-state index in [1.54, 1.807) is 12.3 Å². The van der Waals surface area contributed by atoms with Gasteiger partial charge in [0.05, 0.1) is 6.26 Å². The van der Waals surface area contributed by atoms with Gasteiger partial charge >= 0.3 is 0 Å². The number of carbonyl (C=O) groups excluding carboxylic acids is 1. The van der Waals surface area contributed by atoms with E-state index in [9.17, 15) is 4.79 Å². The number of hydrogen-bond donors (Lipinski definition) is 1. The first-order chi connectivity index (χ1) is 7.65. The second-order valence-electron chi connectivity index (χ2n) is 3.45. The highest BCUT2D eigenvalue weighted by Gasteiger charge is 2.09. The van der Waals surface area contributed by atoms with Gasteiger partial charge in [0.25, 0.3) is 5.91 Å². The molecule has 1 heterocycles. The van der Waals surface area contributed by atoms with Crippen LogP contribution in [0.4, 0.5) is 5.69 Å². The normalized spacial score (nSPS) is 10.1. The van der Waals surface area contributed by atoms with E-state index in [-0.39, 0.29) is 5.91 Å². The number of amides is 1. The highest BCUT2D eigenvalue weighted by molar-refractivity contribution is 9.10. The number of aryl methyl sites for hydroxylation is 1. The predicted molar refractivity (Wildman–Crippen MR) is 65.5 cm³/mol. The van der Waals surface area contributed by atoms with Crippen LogP contribution in [0.15, 0.2) is 45.5 Å². The molecule has 2 rings (SSSR count). The average Bonchev–Trinajstić information content (AvgIpc) is 2.68. The van der Waals surface area contributed by atoms with Crippen molar-refractivity contribution >= 4 is 27.5 Å². The van der Waals surface area contributed by atoms with Crippen LogP contribution in [0.25, 0.3) is 0 Å². The molecule has 0 bridgehead atoms. The Morgan fingerprint density at radius 3 is 2.56 bits per heavy atom. The van der Waals surface area contributed by atoms with E-state index < -0.39 is 0 Å². The van der Waals surface area contributed by atoms with Crippen molar-refractivity contribution in [3.8, 4) is 0 Å². The highest BCUT2D eigenvalue weighted by atomic mass is 79.9. The van der Waals surface area contributed by atoms with Crippen LogP contribution in [0.1, 0.15) is 16.1 Å². The lowest BCUT2D eigenvalue weighted by Gasteiger charge is -2.02. The smallest absolute Gasteiger partial charge is 0.291 e. The number of nitrogens with one attached hydrogen (secondary N) is 1. The van der Waals surface area contributed by atoms with Crippen molar-refractivity contribution in [2.75, 3.05) is 5.32 Å². The van der Waals surface area contributed by atoms with Gasteiger partial charge in [-0.2, -0.15) is 0 Å². The van der Waals surface area contributed by atoms with Gasteiger partial charge in [0.2, 0.25) is 0 Å². The van der Waals surface area contributed by atoms with E-state index in [0.717, 1.165) is 15.7 Å². The average molecular weight is 280 g/mol. The predicted octanol–water partition coefficient (Wildman–Crippen LogP) is 3.60. The lowest BCUT2D eigenvalue weighted by molar-refractivity contribution is 0.0996. The van der Waals surface area contributed by atoms with Crippen molar-refractivity contribution in [1.82, 2.24) is 0 Å². The Hall–Kier alpha value is -1.55. The lowest BCUT2D eigenvalue weighted by atomic mass is 10.3. The number of hydrogen-bond acceptors (Lipinski definition) is 2. The fourth-order valence-corrected chi connectivity index (χ4v) is 1.54. The van der Waals surface area contributed by atoms with Gasteiger partial charge < -0.3 is 9.73 Å². The molecule has 0 aliphatic carbocycles. The van der Waals surface area contributed by atoms with E-state index in [1.165, 1.54) is 0 Å². The van der Waals surface area contributed by atoms with Crippen molar-refractivity contribution in [2.24, 2.45) is 0 Å². The Balaban J connectivity index is 2.10. The summed E-state index contributed by atoms with van der Waals surface area (Å²) >= 11 is 3.33. The topological polar surface area (TPSA) is 42.2 Å². The standard InChI is InChI=1S/C12H10BrNO2/c1-8-6-11(16-7-8)12(15)14-10-4-2-9(13)3-5-10/h2-7H,1H3,(H,14,15). The van der Waals surface area contributed by atoms with Gasteiger partial charge in [-0.25, -0.2) is 0 Å². The zero-order valence-electron chi connectivity index (χ0n) is 8.66. The van der Waals surface area contributed by atoms with Gasteiger partial charge in [0, 0.05) is 10.2 Å². The van der Waals surface area contributed by atoms with Gasteiger partial charge in [0.15, 0.2) is 5.76 Å². The number of rotatable bonds is 2. The number of carbonyl (C=O) groups is 1. The summed E-state index contributed by atoms with van der Waals surface area (Å²) in [5, 5.41) is 2.75. The minimum Gasteiger partial charge on any atom is -0.459 e. The largest absolute Gasteiger partial charge is 0.459 e. The fourth-order valence-electron chi connectivity index (χ4n) is 1.28. The van der Waals surface area contributed by atoms with Crippen LogP contribution in [0.2, 0.25) is 0 Å². The molecule has 0 aliphatic rings. The molecule has 0 atom stereocenters. The summed E-state index contributed by atoms with van der Waals surface area (Å²) in [5.41, 5.74) is 1.67. The number of halogens is 1. The maximum absolute atomic E-state index is 11.7. The monoisotopic (exact) mass is 279 g/mol. The molecule has 3 nitrogen and oxygen atoms in total. The molecule has 1 N–H and O–H groups in total. The van der Waals surface area contributed by atoms with E-state index in [0.29, 0.717) is 5.76 Å². The molecule has 2 aromatic rings. The number of benzene rings is 1. The summed E-state index contributed by atoms with van der Waals surface area (Å²) in [5.74, 6) is 0.0795. The summed E-state index contributed by atoms with van der Waals surface area (Å²) < 4.78 is 6.07. The zero-order valence-corrected chi connectivity index (χ0v) is 10.2. The van der Waals surface area contributed by atoms with Gasteiger partial charge in [0.1, 0.15) is 0 Å². The Labute approximate surface area is 102 Å². The molecule has 4 heteroatoms. The molecule has 0 fully saturated rings. The third-order valence-electron chi connectivity index (χ3n) is 2.06. The summed E-state index contributed by atoms with van der Waals surface area (Å²) in [6.45, 7) is 1.87. The van der Waals surface area contributed by atoms with Gasteiger partial charge in [-0.05, 0) is 42.8 Å². The number of anilines is 1. The van der Waals surface area contributed by atoms with Crippen LogP contribution < -0.4 is 5.32 Å². The van der Waals surface area contributed by atoms with Crippen molar-refractivity contribution < 1.29 is 9.21 Å². The van der Waals surface area contributed by atoms with Crippen LogP contribution >= 0.6 is 15.9 Å². The Bertz CT molecular complexity index is 502. The first-order valence-corrected chi connectivity index (χ1v) is 5.56. The van der Waals surface area contributed by atoms with Crippen molar-refractivity contribution in [1.29, 1.82) is 0 Å². The van der Waals surface area contributed by atoms with Gasteiger partial charge in [-0.1, -0.05) is 15.9 Å². The molecule has 0 aliphatic heterocycles. The first-order valence-electron chi connectivity index (χ1n) is 4.77. The van der Waals surface area contributed by atoms with Crippen molar-refractivity contribution in [3.63, 3.8) is 0 Å². The van der Waals surface area contributed by atoms with Crippen LogP contribution in [-0.2, 0) is 0 Å². The van der Waals surface area contributed by atoms with Crippen LogP contribution in [-0.4, -0.2) is 5.91 Å². The van der Waals surface area contributed by atoms with Gasteiger partial charge in [-0.15, -0.1) is 0 Å². The van der Waals surface area contributed by atoms with E-state index >= 15 is 0 Å². The van der Waals surface area contributed by atoms with E-state index in [4.69, 9.17) is 4.42 Å². The summed E-state index contributed by atoms with van der Waals surface area (Å²) in [6.07, 6.45) is 1.55. The molecule has 0 radical (unpaired) electrons. The third kappa shape index (κ3) is 2.52. The third-order valence-corrected chi connectivity index (χ3v) is 2.59. The minimum atomic E-state index is -0.240. The molecule has 1 aromatic heterocycles. The molecule has 1 amide bonds. The van der Waals surface area contributed by atoms with Crippen molar-refractivity contribution in [2.45, 2.75) is 6.92 Å². The fraction of sp³-hybridized carbons (Fsp3) is 0.0833. The molecule has 1 aromatic carbocycles. The SMILES string of the molecule is Cc1coc(C(=O)Nc2ccc(Br)cc2)c1. The Morgan fingerprint density at radius 2 is 2.00 bits per heavy atom. The summed E-state index contributed by atoms with van der Waals surface area (Å²) in [7, 11) is 0. The second-order valence-corrected chi connectivity index (χ2v) is 4.37.